The van der Waals surface area contributed by atoms with Crippen LogP contribution in [0.4, 0.5) is 4.39 Å². The van der Waals surface area contributed by atoms with Crippen LogP contribution in [0.25, 0.3) is 16.2 Å². The first-order chi connectivity index (χ1) is 10.0. The van der Waals surface area contributed by atoms with Gasteiger partial charge in [0.15, 0.2) is 10.7 Å². The molecule has 1 N–H and O–H groups in total. The van der Waals surface area contributed by atoms with E-state index >= 15 is 0 Å². The van der Waals surface area contributed by atoms with Crippen molar-refractivity contribution in [1.82, 2.24) is 9.38 Å². The summed E-state index contributed by atoms with van der Waals surface area (Å²) in [5, 5.41) is 9.43. The van der Waals surface area contributed by atoms with Gasteiger partial charge in [0.1, 0.15) is 5.82 Å². The molecule has 0 aliphatic carbocycles. The van der Waals surface area contributed by atoms with Crippen molar-refractivity contribution in [2.75, 3.05) is 0 Å². The average molecular weight is 304 g/mol. The van der Waals surface area contributed by atoms with Crippen LogP contribution in [0.5, 0.6) is 0 Å². The number of aromatic nitrogens is 2. The molecule has 1 aromatic carbocycles. The maximum Gasteiger partial charge on any atom is 0.354 e. The highest BCUT2D eigenvalue weighted by Crippen LogP contribution is 2.34. The van der Waals surface area contributed by atoms with Crippen LogP contribution in [0.2, 0.25) is 0 Å². The van der Waals surface area contributed by atoms with Gasteiger partial charge in [-0.1, -0.05) is 6.92 Å². The van der Waals surface area contributed by atoms with Gasteiger partial charge in [-0.3, -0.25) is 4.40 Å². The van der Waals surface area contributed by atoms with Crippen LogP contribution in [0.15, 0.2) is 24.3 Å². The van der Waals surface area contributed by atoms with Crippen LogP contribution in [0.3, 0.4) is 0 Å². The molecule has 0 bridgehead atoms. The Morgan fingerprint density at radius 3 is 2.62 bits per heavy atom. The van der Waals surface area contributed by atoms with E-state index < -0.39 is 5.97 Å². The van der Waals surface area contributed by atoms with Gasteiger partial charge in [0.25, 0.3) is 0 Å². The third-order valence-electron chi connectivity index (χ3n) is 3.36. The summed E-state index contributed by atoms with van der Waals surface area (Å²) in [7, 11) is 0. The van der Waals surface area contributed by atoms with Crippen molar-refractivity contribution in [3.63, 3.8) is 0 Å². The van der Waals surface area contributed by atoms with E-state index in [0.29, 0.717) is 10.7 Å². The minimum Gasteiger partial charge on any atom is -0.477 e. The summed E-state index contributed by atoms with van der Waals surface area (Å²) in [5.74, 6) is -1.33. The van der Waals surface area contributed by atoms with Crippen molar-refractivity contribution in [2.24, 2.45) is 0 Å². The van der Waals surface area contributed by atoms with Gasteiger partial charge in [-0.05, 0) is 43.2 Å². The van der Waals surface area contributed by atoms with E-state index in [1.54, 1.807) is 23.5 Å². The summed E-state index contributed by atoms with van der Waals surface area (Å²) in [5.41, 5.74) is 2.23. The number of thiazole rings is 1. The molecule has 0 atom stereocenters. The van der Waals surface area contributed by atoms with Gasteiger partial charge in [-0.2, -0.15) is 0 Å². The average Bonchev–Trinajstić information content (AvgIpc) is 2.93. The van der Waals surface area contributed by atoms with Crippen LogP contribution in [0.1, 0.15) is 28.0 Å². The Hall–Kier alpha value is -2.21. The Kier molecular flexibility index (Phi) is 3.25. The molecule has 6 heteroatoms. The Balaban J connectivity index is 2.38. The summed E-state index contributed by atoms with van der Waals surface area (Å²) in [6.45, 7) is 3.69. The highest BCUT2D eigenvalue weighted by atomic mass is 32.1. The lowest BCUT2D eigenvalue weighted by atomic mass is 10.1. The molecule has 0 aliphatic rings. The maximum absolute atomic E-state index is 13.1. The molecule has 0 fully saturated rings. The van der Waals surface area contributed by atoms with Crippen LogP contribution in [-0.4, -0.2) is 20.5 Å². The van der Waals surface area contributed by atoms with Gasteiger partial charge in [-0.25, -0.2) is 14.2 Å². The molecular weight excluding hydrogens is 291 g/mol. The number of rotatable bonds is 3. The zero-order valence-electron chi connectivity index (χ0n) is 11.6. The van der Waals surface area contributed by atoms with Crippen molar-refractivity contribution < 1.29 is 14.3 Å². The zero-order valence-corrected chi connectivity index (χ0v) is 12.4. The lowest BCUT2D eigenvalue weighted by molar-refractivity contribution is 0.0688. The number of carboxylic acids is 1. The molecule has 0 aliphatic heterocycles. The van der Waals surface area contributed by atoms with Crippen molar-refractivity contribution in [2.45, 2.75) is 20.3 Å². The van der Waals surface area contributed by atoms with Crippen molar-refractivity contribution in [3.05, 3.63) is 46.3 Å². The second-order valence-electron chi connectivity index (χ2n) is 4.70. The quantitative estimate of drug-likeness (QED) is 0.801. The summed E-state index contributed by atoms with van der Waals surface area (Å²) < 4.78 is 14.8. The summed E-state index contributed by atoms with van der Waals surface area (Å²) >= 11 is 1.47. The van der Waals surface area contributed by atoms with Gasteiger partial charge >= 0.3 is 5.97 Å². The molecule has 108 valence electrons. The first kappa shape index (κ1) is 13.8. The molecule has 0 amide bonds. The molecule has 0 unspecified atom stereocenters. The van der Waals surface area contributed by atoms with E-state index in [4.69, 9.17) is 0 Å². The van der Waals surface area contributed by atoms with Gasteiger partial charge in [-0.15, -0.1) is 11.3 Å². The molecule has 3 aromatic rings. The Bertz CT molecular complexity index is 834. The largest absolute Gasteiger partial charge is 0.477 e. The van der Waals surface area contributed by atoms with Crippen LogP contribution >= 0.6 is 11.3 Å². The lowest BCUT2D eigenvalue weighted by Gasteiger charge is -2.05. The Morgan fingerprint density at radius 2 is 2.05 bits per heavy atom. The second-order valence-corrected chi connectivity index (χ2v) is 5.77. The molecule has 2 aromatic heterocycles. The van der Waals surface area contributed by atoms with Gasteiger partial charge < -0.3 is 5.11 Å². The summed E-state index contributed by atoms with van der Waals surface area (Å²) in [6, 6.07) is 6.08. The number of imidazole rings is 1. The molecule has 21 heavy (non-hydrogen) atoms. The monoisotopic (exact) mass is 304 g/mol. The first-order valence-corrected chi connectivity index (χ1v) is 7.34. The normalized spacial score (nSPS) is 11.2. The molecule has 3 rings (SSSR count). The van der Waals surface area contributed by atoms with E-state index in [2.05, 4.69) is 4.98 Å². The fourth-order valence-electron chi connectivity index (χ4n) is 2.45. The Morgan fingerprint density at radius 1 is 1.38 bits per heavy atom. The number of carbonyl (C=O) groups is 1. The van der Waals surface area contributed by atoms with E-state index in [0.717, 1.165) is 22.6 Å². The SMILES string of the molecule is CCc1sc2nc(C)c(C(=O)O)n2c1-c1ccc(F)cc1. The van der Waals surface area contributed by atoms with E-state index in [-0.39, 0.29) is 11.5 Å². The van der Waals surface area contributed by atoms with Gasteiger partial charge in [0, 0.05) is 4.88 Å². The molecule has 0 radical (unpaired) electrons. The highest BCUT2D eigenvalue weighted by molar-refractivity contribution is 7.17. The number of aryl methyl sites for hydroxylation is 2. The third-order valence-corrected chi connectivity index (χ3v) is 4.55. The third kappa shape index (κ3) is 2.12. The van der Waals surface area contributed by atoms with E-state index in [9.17, 15) is 14.3 Å². The number of benzene rings is 1. The number of hydrogen-bond acceptors (Lipinski definition) is 3. The number of fused-ring (bicyclic) bond motifs is 1. The van der Waals surface area contributed by atoms with Crippen LogP contribution in [-0.2, 0) is 6.42 Å². The molecule has 0 spiro atoms. The van der Waals surface area contributed by atoms with Crippen LogP contribution in [0, 0.1) is 12.7 Å². The molecule has 4 nitrogen and oxygen atoms in total. The van der Waals surface area contributed by atoms with Gasteiger partial charge in [0.05, 0.1) is 11.4 Å². The highest BCUT2D eigenvalue weighted by Gasteiger charge is 2.23. The summed E-state index contributed by atoms with van der Waals surface area (Å²) in [6.07, 6.45) is 0.763. The molecular formula is C15H13FN2O2S. The second kappa shape index (κ2) is 4.96. The fraction of sp³-hybridized carbons (Fsp3) is 0.200. The lowest BCUT2D eigenvalue weighted by Crippen LogP contribution is -2.05. The minimum absolute atomic E-state index is 0.167. The smallest absolute Gasteiger partial charge is 0.354 e. The topological polar surface area (TPSA) is 54.6 Å². The minimum atomic E-state index is -1.01. The van der Waals surface area contributed by atoms with Crippen LogP contribution < -0.4 is 0 Å². The van der Waals surface area contributed by atoms with E-state index in [1.807, 2.05) is 6.92 Å². The summed E-state index contributed by atoms with van der Waals surface area (Å²) in [4.78, 5) is 17.5. The van der Waals surface area contributed by atoms with Gasteiger partial charge in [0.2, 0.25) is 0 Å². The number of carboxylic acid groups (broad SMARTS) is 1. The number of hydrogen-bond donors (Lipinski definition) is 1. The molecule has 0 saturated carbocycles. The number of halogens is 1. The molecule has 2 heterocycles. The standard InChI is InChI=1S/C15H13FN2O2S/c1-3-11-13(9-4-6-10(16)7-5-9)18-12(14(19)20)8(2)17-15(18)21-11/h4-7H,3H2,1-2H3,(H,19,20). The fourth-order valence-corrected chi connectivity index (χ4v) is 3.58. The van der Waals surface area contributed by atoms with Crippen molar-refractivity contribution in [3.8, 4) is 11.3 Å². The maximum atomic E-state index is 13.1. The zero-order chi connectivity index (χ0) is 15.1. The predicted octanol–water partition coefficient (Wildman–Crippen LogP) is 3.77. The van der Waals surface area contributed by atoms with Crippen molar-refractivity contribution in [1.29, 1.82) is 0 Å². The van der Waals surface area contributed by atoms with Crippen molar-refractivity contribution >= 4 is 22.3 Å². The molecule has 0 saturated heterocycles. The van der Waals surface area contributed by atoms with E-state index in [1.165, 1.54) is 23.5 Å². The number of aromatic carboxylic acids is 1. The Labute approximate surface area is 124 Å². The number of nitrogens with zero attached hydrogens (tertiary/aromatic N) is 2. The predicted molar refractivity (Wildman–Crippen MR) is 79.5 cm³/mol. The first-order valence-electron chi connectivity index (χ1n) is 6.53.